The van der Waals surface area contributed by atoms with Gasteiger partial charge in [0, 0.05) is 5.56 Å². The zero-order chi connectivity index (χ0) is 27.7. The van der Waals surface area contributed by atoms with E-state index in [2.05, 4.69) is 4.99 Å². The molecule has 0 saturated carbocycles. The van der Waals surface area contributed by atoms with E-state index in [9.17, 15) is 9.59 Å². The van der Waals surface area contributed by atoms with Gasteiger partial charge in [-0.15, -0.1) is 0 Å². The first-order valence-electron chi connectivity index (χ1n) is 12.6. The monoisotopic (exact) mass is 562 g/mol. The normalized spacial score (nSPS) is 15.2. The molecule has 0 amide bonds. The predicted molar refractivity (Wildman–Crippen MR) is 154 cm³/mol. The molecule has 9 heteroatoms. The molecule has 1 aliphatic heterocycles. The molecule has 200 valence electrons. The van der Waals surface area contributed by atoms with Crippen LogP contribution < -0.4 is 24.4 Å². The van der Waals surface area contributed by atoms with Gasteiger partial charge in [-0.1, -0.05) is 59.3 Å². The molecule has 0 N–H and O–H groups in total. The lowest BCUT2D eigenvalue weighted by Gasteiger charge is -2.27. The van der Waals surface area contributed by atoms with Gasteiger partial charge in [0.15, 0.2) is 4.80 Å². The number of esters is 1. The molecular weight excluding hydrogens is 536 g/mol. The molecule has 0 saturated heterocycles. The molecule has 1 atom stereocenters. The van der Waals surface area contributed by atoms with Crippen molar-refractivity contribution < 1.29 is 19.0 Å². The van der Waals surface area contributed by atoms with Crippen molar-refractivity contribution in [2.45, 2.75) is 26.8 Å². The van der Waals surface area contributed by atoms with Crippen molar-refractivity contribution in [1.82, 2.24) is 4.57 Å². The van der Waals surface area contributed by atoms with Crippen LogP contribution in [0.15, 0.2) is 75.7 Å². The Hall–Kier alpha value is -3.88. The van der Waals surface area contributed by atoms with Crippen LogP contribution in [0.5, 0.6) is 11.5 Å². The quantitative estimate of drug-likeness (QED) is 0.296. The van der Waals surface area contributed by atoms with Gasteiger partial charge in [-0.05, 0) is 61.4 Å². The van der Waals surface area contributed by atoms with Crippen molar-refractivity contribution in [3.05, 3.63) is 102 Å². The number of rotatable bonds is 7. The van der Waals surface area contributed by atoms with Gasteiger partial charge < -0.3 is 14.2 Å². The summed E-state index contributed by atoms with van der Waals surface area (Å²) in [7, 11) is 1.58. The first-order valence-corrected chi connectivity index (χ1v) is 13.7. The van der Waals surface area contributed by atoms with Crippen LogP contribution in [0.4, 0.5) is 0 Å². The van der Waals surface area contributed by atoms with Crippen molar-refractivity contribution in [3.8, 4) is 11.5 Å². The molecular formula is C30H27ClN2O5S. The van der Waals surface area contributed by atoms with Crippen LogP contribution in [0.2, 0.25) is 5.02 Å². The zero-order valence-corrected chi connectivity index (χ0v) is 23.6. The van der Waals surface area contributed by atoms with E-state index < -0.39 is 12.0 Å². The van der Waals surface area contributed by atoms with E-state index in [1.54, 1.807) is 43.7 Å². The highest BCUT2D eigenvalue weighted by Crippen LogP contribution is 2.40. The Morgan fingerprint density at radius 3 is 2.59 bits per heavy atom. The Bertz CT molecular complexity index is 1800. The summed E-state index contributed by atoms with van der Waals surface area (Å²) in [5, 5.41) is 2.28. The number of fused-ring (bicyclic) bond motifs is 2. The third-order valence-electron chi connectivity index (χ3n) is 6.49. The van der Waals surface area contributed by atoms with E-state index in [0.29, 0.717) is 49.3 Å². The highest BCUT2D eigenvalue weighted by atomic mass is 35.5. The molecule has 0 radical (unpaired) electrons. The lowest BCUT2D eigenvalue weighted by Crippen LogP contribution is -2.40. The molecule has 0 bridgehead atoms. The van der Waals surface area contributed by atoms with Crippen LogP contribution in [0.3, 0.4) is 0 Å². The third-order valence-corrected chi connectivity index (χ3v) is 7.77. The lowest BCUT2D eigenvalue weighted by atomic mass is 9.90. The Balaban J connectivity index is 1.79. The number of thiazole rings is 1. The average molecular weight is 563 g/mol. The van der Waals surface area contributed by atoms with Crippen LogP contribution in [0.25, 0.3) is 16.8 Å². The molecule has 0 unspecified atom stereocenters. The molecule has 39 heavy (non-hydrogen) atoms. The Morgan fingerprint density at radius 2 is 1.87 bits per heavy atom. The van der Waals surface area contributed by atoms with Crippen molar-refractivity contribution >= 4 is 45.8 Å². The molecule has 0 spiro atoms. The van der Waals surface area contributed by atoms with E-state index in [-0.39, 0.29) is 12.2 Å². The Kier molecular flexibility index (Phi) is 7.59. The number of hydrogen-bond acceptors (Lipinski definition) is 7. The molecule has 3 aromatic carbocycles. The minimum absolute atomic E-state index is 0.192. The highest BCUT2D eigenvalue weighted by Gasteiger charge is 2.36. The summed E-state index contributed by atoms with van der Waals surface area (Å²) in [6, 6.07) is 16.2. The second-order valence-electron chi connectivity index (χ2n) is 8.83. The number of nitrogens with zero attached hydrogens (tertiary/aromatic N) is 2. The summed E-state index contributed by atoms with van der Waals surface area (Å²) in [6.45, 7) is 6.09. The van der Waals surface area contributed by atoms with E-state index >= 15 is 0 Å². The standard InChI is InChI=1S/C30H27ClN2O5S/c1-5-37-22-13-11-18(15-21(22)31)16-24-28(34)33-27(25(29(35)38-6-2)17(3)32-30(33)39-24)26-20-10-8-7-9-19(20)12-14-23(26)36-4/h7-16,27H,5-6H2,1-4H3/b24-16-/t27-/m0/s1. The van der Waals surface area contributed by atoms with Crippen LogP contribution in [0, 0.1) is 0 Å². The second kappa shape index (κ2) is 11.1. The second-order valence-corrected chi connectivity index (χ2v) is 10.2. The summed E-state index contributed by atoms with van der Waals surface area (Å²) in [6.07, 6.45) is 1.77. The maximum Gasteiger partial charge on any atom is 0.338 e. The number of benzene rings is 3. The van der Waals surface area contributed by atoms with Gasteiger partial charge in [-0.3, -0.25) is 9.36 Å². The number of ether oxygens (including phenoxy) is 3. The number of carbonyl (C=O) groups excluding carboxylic acids is 1. The lowest BCUT2D eigenvalue weighted by molar-refractivity contribution is -0.139. The van der Waals surface area contributed by atoms with Crippen LogP contribution in [-0.2, 0) is 9.53 Å². The number of carbonyl (C=O) groups is 1. The average Bonchev–Trinajstić information content (AvgIpc) is 3.23. The van der Waals surface area contributed by atoms with Gasteiger partial charge in [-0.2, -0.15) is 0 Å². The van der Waals surface area contributed by atoms with Crippen molar-refractivity contribution in [2.75, 3.05) is 20.3 Å². The largest absolute Gasteiger partial charge is 0.496 e. The zero-order valence-electron chi connectivity index (χ0n) is 22.0. The number of hydrogen-bond donors (Lipinski definition) is 0. The Labute approximate surface area is 234 Å². The van der Waals surface area contributed by atoms with E-state index in [0.717, 1.165) is 16.3 Å². The molecule has 0 aliphatic carbocycles. The smallest absolute Gasteiger partial charge is 0.338 e. The van der Waals surface area contributed by atoms with Gasteiger partial charge in [0.1, 0.15) is 17.5 Å². The number of allylic oxidation sites excluding steroid dienone is 1. The maximum atomic E-state index is 14.0. The molecule has 1 aliphatic rings. The van der Waals surface area contributed by atoms with Gasteiger partial charge in [0.05, 0.1) is 41.1 Å². The van der Waals surface area contributed by atoms with Gasteiger partial charge >= 0.3 is 5.97 Å². The van der Waals surface area contributed by atoms with Crippen LogP contribution in [0.1, 0.15) is 37.9 Å². The van der Waals surface area contributed by atoms with Gasteiger partial charge in [-0.25, -0.2) is 9.79 Å². The summed E-state index contributed by atoms with van der Waals surface area (Å²) >= 11 is 7.65. The summed E-state index contributed by atoms with van der Waals surface area (Å²) in [5.74, 6) is 0.616. The first-order chi connectivity index (χ1) is 18.9. The van der Waals surface area contributed by atoms with Gasteiger partial charge in [0.25, 0.3) is 5.56 Å². The topological polar surface area (TPSA) is 79.1 Å². The van der Waals surface area contributed by atoms with Crippen LogP contribution >= 0.6 is 22.9 Å². The fourth-order valence-electron chi connectivity index (χ4n) is 4.83. The molecule has 5 rings (SSSR count). The number of halogens is 1. The van der Waals surface area contributed by atoms with Crippen molar-refractivity contribution in [1.29, 1.82) is 0 Å². The number of aromatic nitrogens is 1. The summed E-state index contributed by atoms with van der Waals surface area (Å²) in [4.78, 5) is 32.5. The molecule has 1 aromatic heterocycles. The number of methoxy groups -OCH3 is 1. The van der Waals surface area contributed by atoms with E-state index in [1.165, 1.54) is 11.3 Å². The fraction of sp³-hybridized carbons (Fsp3) is 0.233. The predicted octanol–water partition coefficient (Wildman–Crippen LogP) is 5.01. The van der Waals surface area contributed by atoms with E-state index in [1.807, 2.05) is 49.4 Å². The minimum atomic E-state index is -0.799. The summed E-state index contributed by atoms with van der Waals surface area (Å²) in [5.41, 5.74) is 1.96. The van der Waals surface area contributed by atoms with Gasteiger partial charge in [0.2, 0.25) is 0 Å². The molecule has 4 aromatic rings. The van der Waals surface area contributed by atoms with Crippen molar-refractivity contribution in [3.63, 3.8) is 0 Å². The molecule has 2 heterocycles. The molecule has 0 fully saturated rings. The molecule has 7 nitrogen and oxygen atoms in total. The van der Waals surface area contributed by atoms with Crippen molar-refractivity contribution in [2.24, 2.45) is 4.99 Å². The van der Waals surface area contributed by atoms with Crippen LogP contribution in [-0.4, -0.2) is 30.9 Å². The van der Waals surface area contributed by atoms with E-state index in [4.69, 9.17) is 25.8 Å². The Morgan fingerprint density at radius 1 is 1.10 bits per heavy atom. The highest BCUT2D eigenvalue weighted by molar-refractivity contribution is 7.07. The maximum absolute atomic E-state index is 14.0. The minimum Gasteiger partial charge on any atom is -0.496 e. The SMILES string of the molecule is CCOC(=O)C1=C(C)N=c2s/c(=C\c3ccc(OCC)c(Cl)c3)c(=O)n2[C@@H]1c1c(OC)ccc2ccccc12. The summed E-state index contributed by atoms with van der Waals surface area (Å²) < 4.78 is 18.8. The first kappa shape index (κ1) is 26.7. The third kappa shape index (κ3) is 4.86. The fourth-order valence-corrected chi connectivity index (χ4v) is 6.12.